The van der Waals surface area contributed by atoms with Crippen molar-refractivity contribution in [1.29, 1.82) is 0 Å². The summed E-state index contributed by atoms with van der Waals surface area (Å²) in [6.07, 6.45) is 14.7. The van der Waals surface area contributed by atoms with Crippen molar-refractivity contribution in [2.45, 2.75) is 64.2 Å². The van der Waals surface area contributed by atoms with Crippen LogP contribution in [0.3, 0.4) is 0 Å². The molecule has 4 rings (SSSR count). The minimum atomic E-state index is -0.0998. The molecule has 2 heterocycles. The summed E-state index contributed by atoms with van der Waals surface area (Å²) in [6.45, 7) is 0. The van der Waals surface area contributed by atoms with Gasteiger partial charge in [-0.25, -0.2) is 9.97 Å². The lowest BCUT2D eigenvalue weighted by molar-refractivity contribution is -0.119. The molecular weight excluding hydrogens is 404 g/mol. The van der Waals surface area contributed by atoms with E-state index in [-0.39, 0.29) is 17.3 Å². The molecule has 0 amide bonds. The van der Waals surface area contributed by atoms with E-state index in [0.717, 1.165) is 35.6 Å². The molecule has 1 saturated carbocycles. The van der Waals surface area contributed by atoms with E-state index in [9.17, 15) is 9.59 Å². The number of allylic oxidation sites excluding steroid dienone is 1. The molecule has 1 aliphatic carbocycles. The maximum atomic E-state index is 11.8. The number of unbranched alkanes of at least 4 members (excludes halogenated alkanes) is 1. The average Bonchev–Trinajstić information content (AvgIpc) is 3.10. The van der Waals surface area contributed by atoms with Crippen LogP contribution >= 0.6 is 11.8 Å². The first-order chi connectivity index (χ1) is 15.2. The first-order valence-corrected chi connectivity index (χ1v) is 12.3. The van der Waals surface area contributed by atoms with Crippen molar-refractivity contribution in [2.75, 3.05) is 0 Å². The van der Waals surface area contributed by atoms with Gasteiger partial charge in [0.25, 0.3) is 0 Å². The Bertz CT molecular complexity index is 933. The number of nitrogens with zero attached hydrogens (tertiary/aromatic N) is 2. The fourth-order valence-electron chi connectivity index (χ4n) is 4.66. The summed E-state index contributed by atoms with van der Waals surface area (Å²) in [6, 6.07) is 12.6. The minimum absolute atomic E-state index is 0.00391. The highest BCUT2D eigenvalue weighted by Crippen LogP contribution is 2.34. The molecule has 5 heteroatoms. The molecule has 2 fully saturated rings. The van der Waals surface area contributed by atoms with E-state index in [1.165, 1.54) is 56.9 Å². The van der Waals surface area contributed by atoms with Gasteiger partial charge in [0, 0.05) is 12.6 Å². The Labute approximate surface area is 189 Å². The smallest absolute Gasteiger partial charge is 0.201 e. The van der Waals surface area contributed by atoms with Gasteiger partial charge in [0.05, 0.1) is 17.0 Å². The predicted molar refractivity (Wildman–Crippen MR) is 125 cm³/mol. The molecule has 0 spiro atoms. The summed E-state index contributed by atoms with van der Waals surface area (Å²) in [5, 5.41) is -0.0812. The van der Waals surface area contributed by atoms with E-state index in [2.05, 4.69) is 40.3 Å². The highest BCUT2D eigenvalue weighted by Gasteiger charge is 2.26. The Balaban J connectivity index is 1.20. The van der Waals surface area contributed by atoms with Gasteiger partial charge >= 0.3 is 0 Å². The molecule has 1 saturated heterocycles. The third-order valence-electron chi connectivity index (χ3n) is 6.42. The fourth-order valence-corrected chi connectivity index (χ4v) is 5.48. The van der Waals surface area contributed by atoms with Crippen molar-refractivity contribution < 1.29 is 9.59 Å². The monoisotopic (exact) mass is 434 g/mol. The third-order valence-corrected chi connectivity index (χ3v) is 7.36. The third kappa shape index (κ3) is 6.60. The van der Waals surface area contributed by atoms with E-state index in [4.69, 9.17) is 0 Å². The van der Waals surface area contributed by atoms with Gasteiger partial charge in [-0.1, -0.05) is 56.0 Å². The molecule has 1 aromatic carbocycles. The van der Waals surface area contributed by atoms with Gasteiger partial charge in [-0.15, -0.1) is 0 Å². The van der Waals surface area contributed by atoms with Crippen molar-refractivity contribution in [2.24, 2.45) is 11.8 Å². The van der Waals surface area contributed by atoms with Crippen LogP contribution in [0.4, 0.5) is 0 Å². The Morgan fingerprint density at radius 1 is 0.968 bits per heavy atom. The van der Waals surface area contributed by atoms with Gasteiger partial charge < -0.3 is 0 Å². The zero-order valence-electron chi connectivity index (χ0n) is 18.0. The van der Waals surface area contributed by atoms with Crippen LogP contribution in [0.1, 0.15) is 68.4 Å². The molecular formula is C26H30N2O2S. The number of benzene rings is 1. The number of ketones is 1. The summed E-state index contributed by atoms with van der Waals surface area (Å²) in [5.41, 5.74) is 2.18. The number of aromatic nitrogens is 2. The lowest BCUT2D eigenvalue weighted by atomic mass is 9.78. The van der Waals surface area contributed by atoms with Crippen LogP contribution in [0.25, 0.3) is 6.08 Å². The first kappa shape index (κ1) is 21.9. The second kappa shape index (κ2) is 10.9. The number of thioether (sulfide) groups is 1. The summed E-state index contributed by atoms with van der Waals surface area (Å²) in [4.78, 5) is 32.8. The first-order valence-electron chi connectivity index (χ1n) is 11.5. The molecule has 0 bridgehead atoms. The maximum absolute atomic E-state index is 11.8. The van der Waals surface area contributed by atoms with E-state index in [1.807, 2.05) is 0 Å². The zero-order chi connectivity index (χ0) is 21.5. The second-order valence-electron chi connectivity index (χ2n) is 8.80. The predicted octanol–water partition coefficient (Wildman–Crippen LogP) is 5.81. The standard InChI is InChI=1S/C26H30N2O2S/c29-23-18-26(30)31-24(23)17-22-14-15-27-25(28-22)16-21-12-10-20(11-13-21)9-5-4-8-19-6-2-1-3-7-19/h1-3,6-7,14-15,17,20-21H,4-5,8-13,16,18H2/b24-17-. The molecule has 4 nitrogen and oxygen atoms in total. The Morgan fingerprint density at radius 3 is 2.48 bits per heavy atom. The zero-order valence-corrected chi connectivity index (χ0v) is 18.8. The van der Waals surface area contributed by atoms with Gasteiger partial charge in [0.15, 0.2) is 5.78 Å². The normalized spacial score (nSPS) is 22.9. The van der Waals surface area contributed by atoms with Crippen molar-refractivity contribution in [3.05, 3.63) is 64.6 Å². The summed E-state index contributed by atoms with van der Waals surface area (Å²) < 4.78 is 0. The number of Topliss-reactive ketones (excluding diaryl/α,β-unsaturated/α-hetero) is 1. The van der Waals surface area contributed by atoms with Crippen molar-refractivity contribution >= 4 is 28.7 Å². The van der Waals surface area contributed by atoms with Gasteiger partial charge in [-0.2, -0.15) is 0 Å². The summed E-state index contributed by atoms with van der Waals surface area (Å²) in [5.74, 6) is 2.26. The Kier molecular flexibility index (Phi) is 7.68. The van der Waals surface area contributed by atoms with E-state index in [1.54, 1.807) is 18.3 Å². The van der Waals surface area contributed by atoms with Crippen LogP contribution in [0, 0.1) is 11.8 Å². The Hall–Kier alpha value is -2.27. The van der Waals surface area contributed by atoms with Gasteiger partial charge in [0.1, 0.15) is 5.82 Å². The molecule has 0 N–H and O–H groups in total. The molecule has 31 heavy (non-hydrogen) atoms. The molecule has 0 radical (unpaired) electrons. The lowest BCUT2D eigenvalue weighted by Gasteiger charge is -2.28. The Morgan fingerprint density at radius 2 is 1.74 bits per heavy atom. The topological polar surface area (TPSA) is 59.9 Å². The van der Waals surface area contributed by atoms with Crippen molar-refractivity contribution in [3.8, 4) is 0 Å². The second-order valence-corrected chi connectivity index (χ2v) is 9.90. The summed E-state index contributed by atoms with van der Waals surface area (Å²) in [7, 11) is 0. The number of carbonyl (C=O) groups excluding carboxylic acids is 2. The highest BCUT2D eigenvalue weighted by atomic mass is 32.2. The fraction of sp³-hybridized carbons (Fsp3) is 0.462. The van der Waals surface area contributed by atoms with Crippen molar-refractivity contribution in [1.82, 2.24) is 9.97 Å². The SMILES string of the molecule is O=C1CC(=O)/C(=C/c2ccnc(CC3CCC(CCCCc4ccccc4)CC3)n2)S1. The minimum Gasteiger partial charge on any atom is -0.293 e. The van der Waals surface area contributed by atoms with Gasteiger partial charge in [0.2, 0.25) is 5.12 Å². The molecule has 2 aliphatic rings. The number of aryl methyl sites for hydroxylation is 1. The van der Waals surface area contributed by atoms with Gasteiger partial charge in [-0.3, -0.25) is 9.59 Å². The van der Waals surface area contributed by atoms with Crippen LogP contribution in [0.15, 0.2) is 47.5 Å². The van der Waals surface area contributed by atoms with Crippen LogP contribution in [0.2, 0.25) is 0 Å². The molecule has 1 aromatic heterocycles. The van der Waals surface area contributed by atoms with Gasteiger partial charge in [-0.05, 0) is 67.0 Å². The van der Waals surface area contributed by atoms with E-state index in [0.29, 0.717) is 10.8 Å². The largest absolute Gasteiger partial charge is 0.293 e. The van der Waals surface area contributed by atoms with Crippen LogP contribution in [-0.2, 0) is 22.4 Å². The molecule has 1 aliphatic heterocycles. The maximum Gasteiger partial charge on any atom is 0.201 e. The van der Waals surface area contributed by atoms with Crippen LogP contribution < -0.4 is 0 Å². The van der Waals surface area contributed by atoms with E-state index < -0.39 is 0 Å². The highest BCUT2D eigenvalue weighted by molar-refractivity contribution is 8.18. The number of hydrogen-bond acceptors (Lipinski definition) is 5. The molecule has 2 aromatic rings. The summed E-state index contributed by atoms with van der Waals surface area (Å²) >= 11 is 1.03. The lowest BCUT2D eigenvalue weighted by Crippen LogP contribution is -2.17. The quantitative estimate of drug-likeness (QED) is 0.298. The van der Waals surface area contributed by atoms with Crippen molar-refractivity contribution in [3.63, 3.8) is 0 Å². The molecule has 0 unspecified atom stereocenters. The van der Waals surface area contributed by atoms with Crippen LogP contribution in [-0.4, -0.2) is 20.9 Å². The molecule has 162 valence electrons. The molecule has 0 atom stereocenters. The van der Waals surface area contributed by atoms with Crippen LogP contribution in [0.5, 0.6) is 0 Å². The number of hydrogen-bond donors (Lipinski definition) is 0. The average molecular weight is 435 g/mol. The number of rotatable bonds is 8. The number of carbonyl (C=O) groups is 2. The van der Waals surface area contributed by atoms with E-state index >= 15 is 0 Å².